The Hall–Kier alpha value is -2.61. The van der Waals surface area contributed by atoms with E-state index in [2.05, 4.69) is 29.6 Å². The first-order valence-corrected chi connectivity index (χ1v) is 7.90. The molecule has 0 aliphatic heterocycles. The zero-order chi connectivity index (χ0) is 16.2. The van der Waals surface area contributed by atoms with Crippen LogP contribution in [0.15, 0.2) is 30.7 Å². The van der Waals surface area contributed by atoms with Crippen molar-refractivity contribution in [2.45, 2.75) is 26.9 Å². The molecule has 0 fully saturated rings. The van der Waals surface area contributed by atoms with E-state index >= 15 is 0 Å². The van der Waals surface area contributed by atoms with Crippen LogP contribution >= 0.6 is 11.5 Å². The molecule has 0 bridgehead atoms. The van der Waals surface area contributed by atoms with Crippen molar-refractivity contribution in [1.82, 2.24) is 24.3 Å². The average Bonchev–Trinajstić information content (AvgIpc) is 2.98. The van der Waals surface area contributed by atoms with Gasteiger partial charge < -0.3 is 10.1 Å². The highest BCUT2D eigenvalue weighted by atomic mass is 32.1. The number of anilines is 2. The lowest BCUT2D eigenvalue weighted by Crippen LogP contribution is -2.06. The first kappa shape index (κ1) is 15.3. The van der Waals surface area contributed by atoms with Gasteiger partial charge in [-0.1, -0.05) is 6.07 Å². The van der Waals surface area contributed by atoms with Gasteiger partial charge in [0, 0.05) is 17.7 Å². The Bertz CT molecular complexity index is 787. The Morgan fingerprint density at radius 1 is 1.13 bits per heavy atom. The van der Waals surface area contributed by atoms with Crippen LogP contribution in [0.2, 0.25) is 0 Å². The van der Waals surface area contributed by atoms with Crippen LogP contribution in [-0.4, -0.2) is 30.4 Å². The van der Waals surface area contributed by atoms with Crippen molar-refractivity contribution in [3.63, 3.8) is 0 Å². The predicted molar refractivity (Wildman–Crippen MR) is 89.0 cm³/mol. The summed E-state index contributed by atoms with van der Waals surface area (Å²) >= 11 is 1.24. The van der Waals surface area contributed by atoms with Crippen molar-refractivity contribution in [2.24, 2.45) is 0 Å². The van der Waals surface area contributed by atoms with Gasteiger partial charge in [-0.05, 0) is 32.4 Å². The van der Waals surface area contributed by atoms with Gasteiger partial charge in [-0.2, -0.15) is 9.36 Å². The molecule has 3 aromatic heterocycles. The van der Waals surface area contributed by atoms with Gasteiger partial charge in [0.2, 0.25) is 11.0 Å². The van der Waals surface area contributed by atoms with Crippen LogP contribution in [0.3, 0.4) is 0 Å². The van der Waals surface area contributed by atoms with Crippen LogP contribution in [0, 0.1) is 6.92 Å². The highest BCUT2D eigenvalue weighted by Gasteiger charge is 2.11. The van der Waals surface area contributed by atoms with Gasteiger partial charge in [-0.3, -0.25) is 0 Å². The maximum absolute atomic E-state index is 5.52. The van der Waals surface area contributed by atoms with Gasteiger partial charge in [0.1, 0.15) is 5.82 Å². The van der Waals surface area contributed by atoms with Gasteiger partial charge in [-0.15, -0.1) is 0 Å². The van der Waals surface area contributed by atoms with Gasteiger partial charge >= 0.3 is 0 Å². The standard InChI is InChI=1S/C15H16N6OS/c1-9(2)22-11-7-17-13(18-8-11)14-20-15(23-21-14)19-12-10(3)5-4-6-16-12/h4-9H,1-3H3,(H,16,19,20,21). The number of hydrogen-bond acceptors (Lipinski definition) is 8. The Labute approximate surface area is 138 Å². The molecule has 0 radical (unpaired) electrons. The molecule has 1 N–H and O–H groups in total. The zero-order valence-corrected chi connectivity index (χ0v) is 13.8. The van der Waals surface area contributed by atoms with Crippen molar-refractivity contribution in [3.8, 4) is 17.4 Å². The van der Waals surface area contributed by atoms with Crippen LogP contribution in [0.1, 0.15) is 19.4 Å². The second-order valence-corrected chi connectivity index (χ2v) is 5.88. The molecule has 0 aliphatic carbocycles. The molecule has 0 spiro atoms. The van der Waals surface area contributed by atoms with Crippen molar-refractivity contribution in [3.05, 3.63) is 36.3 Å². The van der Waals surface area contributed by atoms with Crippen LogP contribution < -0.4 is 10.1 Å². The summed E-state index contributed by atoms with van der Waals surface area (Å²) in [6, 6.07) is 3.87. The molecule has 3 aromatic rings. The molecule has 0 amide bonds. The number of nitrogens with zero attached hydrogens (tertiary/aromatic N) is 5. The molecule has 0 saturated carbocycles. The van der Waals surface area contributed by atoms with Crippen molar-refractivity contribution < 1.29 is 4.74 Å². The smallest absolute Gasteiger partial charge is 0.212 e. The minimum atomic E-state index is 0.0827. The molecule has 0 aliphatic rings. The van der Waals surface area contributed by atoms with Gasteiger partial charge in [0.15, 0.2) is 11.6 Å². The van der Waals surface area contributed by atoms with E-state index in [1.54, 1.807) is 18.6 Å². The fourth-order valence-electron chi connectivity index (χ4n) is 1.85. The fourth-order valence-corrected chi connectivity index (χ4v) is 2.41. The topological polar surface area (TPSA) is 85.7 Å². The summed E-state index contributed by atoms with van der Waals surface area (Å²) in [5, 5.41) is 3.80. The molecule has 0 atom stereocenters. The summed E-state index contributed by atoms with van der Waals surface area (Å²) in [6.07, 6.45) is 5.06. The second-order valence-electron chi connectivity index (χ2n) is 5.13. The molecule has 3 rings (SSSR count). The van der Waals surface area contributed by atoms with E-state index in [9.17, 15) is 0 Å². The monoisotopic (exact) mass is 328 g/mol. The third kappa shape index (κ3) is 3.78. The minimum Gasteiger partial charge on any atom is -0.488 e. The summed E-state index contributed by atoms with van der Waals surface area (Å²) < 4.78 is 9.80. The highest BCUT2D eigenvalue weighted by Crippen LogP contribution is 2.23. The maximum Gasteiger partial charge on any atom is 0.212 e. The third-order valence-corrected chi connectivity index (χ3v) is 3.49. The van der Waals surface area contributed by atoms with Crippen LogP contribution in [0.25, 0.3) is 11.6 Å². The van der Waals surface area contributed by atoms with Gasteiger partial charge in [0.05, 0.1) is 18.5 Å². The number of aryl methyl sites for hydroxylation is 1. The molecule has 0 unspecified atom stereocenters. The number of hydrogen-bond donors (Lipinski definition) is 1. The molecular formula is C15H16N6OS. The Morgan fingerprint density at radius 2 is 1.91 bits per heavy atom. The van der Waals surface area contributed by atoms with Crippen LogP contribution in [-0.2, 0) is 0 Å². The third-order valence-electron chi connectivity index (χ3n) is 2.86. The summed E-state index contributed by atoms with van der Waals surface area (Å²) in [6.45, 7) is 5.88. The highest BCUT2D eigenvalue weighted by molar-refractivity contribution is 7.09. The van der Waals surface area contributed by atoms with E-state index in [0.717, 1.165) is 11.4 Å². The van der Waals surface area contributed by atoms with E-state index in [1.807, 2.05) is 32.9 Å². The number of aromatic nitrogens is 5. The molecular weight excluding hydrogens is 312 g/mol. The van der Waals surface area contributed by atoms with Gasteiger partial charge in [-0.25, -0.2) is 15.0 Å². The summed E-state index contributed by atoms with van der Waals surface area (Å²) in [5.74, 6) is 2.32. The summed E-state index contributed by atoms with van der Waals surface area (Å²) in [4.78, 5) is 17.2. The lowest BCUT2D eigenvalue weighted by atomic mass is 10.3. The van der Waals surface area contributed by atoms with Gasteiger partial charge in [0.25, 0.3) is 0 Å². The molecule has 7 nitrogen and oxygen atoms in total. The summed E-state index contributed by atoms with van der Waals surface area (Å²) in [5.41, 5.74) is 1.04. The maximum atomic E-state index is 5.52. The van der Waals surface area contributed by atoms with Crippen molar-refractivity contribution >= 4 is 22.5 Å². The Morgan fingerprint density at radius 3 is 2.61 bits per heavy atom. The van der Waals surface area contributed by atoms with Crippen LogP contribution in [0.4, 0.5) is 10.9 Å². The SMILES string of the molecule is Cc1cccnc1Nc1nc(-c2ncc(OC(C)C)cn2)ns1. The van der Waals surface area contributed by atoms with E-state index in [-0.39, 0.29) is 6.10 Å². The molecule has 8 heteroatoms. The Balaban J connectivity index is 1.75. The second kappa shape index (κ2) is 6.66. The van der Waals surface area contributed by atoms with Crippen LogP contribution in [0.5, 0.6) is 5.75 Å². The molecule has 3 heterocycles. The molecule has 23 heavy (non-hydrogen) atoms. The zero-order valence-electron chi connectivity index (χ0n) is 13.0. The Kier molecular flexibility index (Phi) is 4.42. The largest absolute Gasteiger partial charge is 0.488 e. The number of nitrogens with one attached hydrogen (secondary N) is 1. The number of rotatable bonds is 5. The molecule has 0 aromatic carbocycles. The number of pyridine rings is 1. The predicted octanol–water partition coefficient (Wildman–Crippen LogP) is 3.23. The molecule has 118 valence electrons. The lowest BCUT2D eigenvalue weighted by Gasteiger charge is -2.08. The first-order valence-electron chi connectivity index (χ1n) is 7.13. The lowest BCUT2D eigenvalue weighted by molar-refractivity contribution is 0.240. The minimum absolute atomic E-state index is 0.0827. The average molecular weight is 328 g/mol. The normalized spacial score (nSPS) is 10.8. The van der Waals surface area contributed by atoms with E-state index in [1.165, 1.54) is 11.5 Å². The van der Waals surface area contributed by atoms with E-state index < -0.39 is 0 Å². The quantitative estimate of drug-likeness (QED) is 0.769. The molecule has 0 saturated heterocycles. The summed E-state index contributed by atoms with van der Waals surface area (Å²) in [7, 11) is 0. The van der Waals surface area contributed by atoms with E-state index in [0.29, 0.717) is 22.5 Å². The van der Waals surface area contributed by atoms with Crippen molar-refractivity contribution in [2.75, 3.05) is 5.32 Å². The fraction of sp³-hybridized carbons (Fsp3) is 0.267. The van der Waals surface area contributed by atoms with Crippen molar-refractivity contribution in [1.29, 1.82) is 0 Å². The van der Waals surface area contributed by atoms with E-state index in [4.69, 9.17) is 4.74 Å². The first-order chi connectivity index (χ1) is 11.1. The number of ether oxygens (including phenoxy) is 1.